The van der Waals surface area contributed by atoms with E-state index in [1.165, 1.54) is 79.0 Å². The molecule has 7 aromatic rings. The third-order valence-corrected chi connectivity index (χ3v) is 8.87. The normalized spacial score (nSPS) is 13.1. The fraction of sp³-hybridized carbons (Fsp3) is 0.231. The molecule has 41 heavy (non-hydrogen) atoms. The molecule has 0 bridgehead atoms. The first-order valence-electron chi connectivity index (χ1n) is 15.0. The van der Waals surface area contributed by atoms with Crippen molar-refractivity contribution in [1.29, 1.82) is 0 Å². The van der Waals surface area contributed by atoms with Crippen molar-refractivity contribution in [3.63, 3.8) is 0 Å². The van der Waals surface area contributed by atoms with E-state index >= 15 is 0 Å². The lowest BCUT2D eigenvalue weighted by molar-refractivity contribution is 0.591. The summed E-state index contributed by atoms with van der Waals surface area (Å²) >= 11 is 0. The average Bonchev–Trinajstić information content (AvgIpc) is 3.49. The molecule has 5 aromatic carbocycles. The van der Waals surface area contributed by atoms with E-state index in [-0.39, 0.29) is 5.41 Å². The van der Waals surface area contributed by atoms with Crippen LogP contribution in [0.25, 0.3) is 55.0 Å². The van der Waals surface area contributed by atoms with Gasteiger partial charge < -0.3 is 9.13 Å². The second-order valence-corrected chi connectivity index (χ2v) is 12.7. The minimum Gasteiger partial charge on any atom is -0.309 e. The highest BCUT2D eigenvalue weighted by Crippen LogP contribution is 2.38. The van der Waals surface area contributed by atoms with E-state index < -0.39 is 0 Å². The molecule has 0 N–H and O–H groups in total. The minimum atomic E-state index is 0.0992. The largest absolute Gasteiger partial charge is 0.309 e. The number of hydrogen-bond donors (Lipinski definition) is 0. The first-order chi connectivity index (χ1) is 19.8. The van der Waals surface area contributed by atoms with Crippen LogP contribution in [0, 0.1) is 0 Å². The fourth-order valence-electron chi connectivity index (χ4n) is 6.66. The summed E-state index contributed by atoms with van der Waals surface area (Å²) in [6.07, 6.45) is 2.41. The maximum Gasteiger partial charge on any atom is 0.0541 e. The van der Waals surface area contributed by atoms with Crippen molar-refractivity contribution in [1.82, 2.24) is 9.13 Å². The zero-order valence-corrected chi connectivity index (χ0v) is 24.8. The zero-order chi connectivity index (χ0) is 28.3. The molecular weight excluding hydrogens is 496 g/mol. The molecule has 0 saturated carbocycles. The number of para-hydroxylation sites is 2. The van der Waals surface area contributed by atoms with E-state index in [2.05, 4.69) is 153 Å². The van der Waals surface area contributed by atoms with Gasteiger partial charge >= 0.3 is 0 Å². The lowest BCUT2D eigenvalue weighted by atomic mass is 9.86. The van der Waals surface area contributed by atoms with Gasteiger partial charge in [0.05, 0.1) is 22.1 Å². The van der Waals surface area contributed by atoms with Crippen LogP contribution in [0.2, 0.25) is 0 Å². The molecule has 0 aliphatic carbocycles. The lowest BCUT2D eigenvalue weighted by Crippen LogP contribution is -2.10. The van der Waals surface area contributed by atoms with Crippen molar-refractivity contribution in [3.8, 4) is 11.4 Å². The molecule has 0 spiro atoms. The quantitative estimate of drug-likeness (QED) is 0.208. The van der Waals surface area contributed by atoms with Gasteiger partial charge in [0.15, 0.2) is 0 Å². The van der Waals surface area contributed by atoms with Gasteiger partial charge in [-0.25, -0.2) is 0 Å². The fourth-order valence-corrected chi connectivity index (χ4v) is 6.66. The highest BCUT2D eigenvalue weighted by atomic mass is 15.0. The Labute approximate surface area is 242 Å². The Morgan fingerprint density at radius 2 is 1.10 bits per heavy atom. The van der Waals surface area contributed by atoms with E-state index in [0.29, 0.717) is 5.92 Å². The van der Waals surface area contributed by atoms with Crippen molar-refractivity contribution in [2.24, 2.45) is 0 Å². The highest BCUT2D eigenvalue weighted by molar-refractivity contribution is 6.10. The summed E-state index contributed by atoms with van der Waals surface area (Å²) in [4.78, 5) is 0. The summed E-state index contributed by atoms with van der Waals surface area (Å²) < 4.78 is 4.87. The third kappa shape index (κ3) is 4.16. The van der Waals surface area contributed by atoms with E-state index in [1.54, 1.807) is 0 Å². The minimum absolute atomic E-state index is 0.0992. The SMILES string of the molecule is CCCC(C)c1ccc2c(c1)c1ccccc1n2-c1cccc(-n2c3ccccc3c3cc(C(C)(C)C)ccc32)c1. The standard InChI is InChI=1S/C39H38N2/c1-6-12-26(2)27-19-21-37-33(23-27)31-15-7-9-17-35(31)40(37)29-13-11-14-30(25-29)41-36-18-10-8-16-32(36)34-24-28(39(3,4)5)20-22-38(34)41/h7-11,13-26H,6,12H2,1-5H3. The van der Waals surface area contributed by atoms with Gasteiger partial charge in [0.1, 0.15) is 0 Å². The highest BCUT2D eigenvalue weighted by Gasteiger charge is 2.19. The maximum absolute atomic E-state index is 2.44. The van der Waals surface area contributed by atoms with Crippen molar-refractivity contribution < 1.29 is 0 Å². The van der Waals surface area contributed by atoms with Crippen molar-refractivity contribution >= 4 is 43.6 Å². The van der Waals surface area contributed by atoms with E-state index in [1.807, 2.05) is 0 Å². The Balaban J connectivity index is 1.46. The molecule has 2 nitrogen and oxygen atoms in total. The van der Waals surface area contributed by atoms with Crippen LogP contribution >= 0.6 is 0 Å². The van der Waals surface area contributed by atoms with Gasteiger partial charge in [-0.15, -0.1) is 0 Å². The van der Waals surface area contributed by atoms with Crippen LogP contribution in [0.1, 0.15) is 64.5 Å². The molecule has 1 atom stereocenters. The molecule has 0 fully saturated rings. The van der Waals surface area contributed by atoms with Crippen LogP contribution in [-0.4, -0.2) is 9.13 Å². The molecule has 0 aliphatic rings. The van der Waals surface area contributed by atoms with E-state index in [4.69, 9.17) is 0 Å². The Morgan fingerprint density at radius 3 is 1.68 bits per heavy atom. The maximum atomic E-state index is 2.44. The van der Waals surface area contributed by atoms with Crippen molar-refractivity contribution in [2.45, 2.75) is 58.8 Å². The second-order valence-electron chi connectivity index (χ2n) is 12.7. The second kappa shape index (κ2) is 9.66. The van der Waals surface area contributed by atoms with Gasteiger partial charge in [-0.1, -0.05) is 95.6 Å². The first-order valence-corrected chi connectivity index (χ1v) is 15.0. The monoisotopic (exact) mass is 534 g/mol. The van der Waals surface area contributed by atoms with Gasteiger partial charge in [0, 0.05) is 32.9 Å². The number of benzene rings is 5. The summed E-state index contributed by atoms with van der Waals surface area (Å²) in [6.45, 7) is 11.5. The summed E-state index contributed by atoms with van der Waals surface area (Å²) in [5.41, 5.74) is 10.2. The third-order valence-electron chi connectivity index (χ3n) is 8.87. The molecular formula is C39H38N2. The number of hydrogen-bond acceptors (Lipinski definition) is 0. The number of nitrogens with zero attached hydrogens (tertiary/aromatic N) is 2. The van der Waals surface area contributed by atoms with Gasteiger partial charge in [-0.2, -0.15) is 0 Å². The smallest absolute Gasteiger partial charge is 0.0541 e. The zero-order valence-electron chi connectivity index (χ0n) is 24.8. The van der Waals surface area contributed by atoms with Crippen molar-refractivity contribution in [3.05, 3.63) is 120 Å². The summed E-state index contributed by atoms with van der Waals surface area (Å²) in [7, 11) is 0. The van der Waals surface area contributed by atoms with Crippen LogP contribution < -0.4 is 0 Å². The molecule has 7 rings (SSSR count). The summed E-state index contributed by atoms with van der Waals surface area (Å²) in [5.74, 6) is 0.559. The molecule has 204 valence electrons. The van der Waals surface area contributed by atoms with Crippen molar-refractivity contribution in [2.75, 3.05) is 0 Å². The molecule has 2 heteroatoms. The Bertz CT molecular complexity index is 2060. The van der Waals surface area contributed by atoms with Crippen LogP contribution in [0.4, 0.5) is 0 Å². The topological polar surface area (TPSA) is 9.86 Å². The van der Waals surface area contributed by atoms with Crippen LogP contribution in [0.3, 0.4) is 0 Å². The lowest BCUT2D eigenvalue weighted by Gasteiger charge is -2.19. The van der Waals surface area contributed by atoms with Gasteiger partial charge in [0.2, 0.25) is 0 Å². The van der Waals surface area contributed by atoms with Gasteiger partial charge in [-0.3, -0.25) is 0 Å². The van der Waals surface area contributed by atoms with Gasteiger partial charge in [-0.05, 0) is 83.5 Å². The number of fused-ring (bicyclic) bond motifs is 6. The average molecular weight is 535 g/mol. The van der Waals surface area contributed by atoms with Crippen LogP contribution in [0.15, 0.2) is 109 Å². The first kappa shape index (κ1) is 25.7. The number of aromatic nitrogens is 2. The molecule has 1 unspecified atom stereocenters. The Morgan fingerprint density at radius 1 is 0.561 bits per heavy atom. The molecule has 0 aliphatic heterocycles. The molecule has 0 saturated heterocycles. The Kier molecular flexibility index (Phi) is 6.05. The molecule has 2 heterocycles. The summed E-state index contributed by atoms with van der Waals surface area (Å²) in [5, 5.41) is 5.25. The van der Waals surface area contributed by atoms with Crippen LogP contribution in [0.5, 0.6) is 0 Å². The molecule has 0 radical (unpaired) electrons. The van der Waals surface area contributed by atoms with E-state index in [9.17, 15) is 0 Å². The number of rotatable bonds is 5. The van der Waals surface area contributed by atoms with Crippen LogP contribution in [-0.2, 0) is 5.41 Å². The predicted molar refractivity (Wildman–Crippen MR) is 177 cm³/mol. The van der Waals surface area contributed by atoms with Gasteiger partial charge in [0.25, 0.3) is 0 Å². The predicted octanol–water partition coefficient (Wildman–Crippen LogP) is 11.1. The Hall–Kier alpha value is -4.30. The summed E-state index contributed by atoms with van der Waals surface area (Å²) in [6, 6.07) is 40.8. The van der Waals surface area contributed by atoms with E-state index in [0.717, 1.165) is 0 Å². The molecule has 2 aromatic heterocycles. The molecule has 0 amide bonds.